The number of aliphatic hydroxyl groups is 2. The topological polar surface area (TPSA) is 330 Å². The van der Waals surface area contributed by atoms with Gasteiger partial charge >= 0.3 is 18.3 Å². The van der Waals surface area contributed by atoms with Gasteiger partial charge in [0.05, 0.1) is 65.4 Å². The van der Waals surface area contributed by atoms with Gasteiger partial charge in [-0.05, 0) is 238 Å². The first kappa shape index (κ1) is 85.1. The van der Waals surface area contributed by atoms with E-state index in [4.69, 9.17) is 14.2 Å². The van der Waals surface area contributed by atoms with Gasteiger partial charge in [0.2, 0.25) is 0 Å². The molecule has 12 heterocycles. The van der Waals surface area contributed by atoms with Crippen LogP contribution in [0.4, 0.5) is 31.4 Å². The second kappa shape index (κ2) is 33.8. The Morgan fingerprint density at radius 3 is 1.26 bits per heavy atom. The normalized spacial score (nSPS) is 17.5. The summed E-state index contributed by atoms with van der Waals surface area (Å²) < 4.78 is 24.4. The van der Waals surface area contributed by atoms with Crippen molar-refractivity contribution in [3.8, 4) is 0 Å². The molecule has 7 aliphatic heterocycles. The first-order valence-electron chi connectivity index (χ1n) is 43.7. The van der Waals surface area contributed by atoms with Crippen molar-refractivity contribution in [1.29, 1.82) is 0 Å². The summed E-state index contributed by atoms with van der Waals surface area (Å²) in [5, 5.41) is 62.0. The molecule has 126 heavy (non-hydrogen) atoms. The maximum atomic E-state index is 12.4. The standard InChI is InChI=1S/C26H30N4O4.C26H30N4O3.C25H26N4O4.C21H22N4O/c1-25(2,3)34-24(32)29-12-10-17(11-13-29)30-15-16(14-27-30)26(4,33)20-8-9-21-22-18(20)6-5-7-19(22)23(31)28-21;1-16(19-8-9-22-23-20(19)6-5-7-21(23)24(31)28-22)17-14-27-30(15-17)18-10-12-29(13-11-18)25(32)33-26(2,3)4;1-25(2,3)33-24(32)28-11-9-16(10-12-28)29-14-15(13-26-29)22(30)18-7-8-20-21-17(18)5-4-6-19(21)23(31)27-20;1-13(14-11-23-25(12-14)15-7-9-22-10-8-15)16-5-6-19-20-17(16)3-2-4-18(20)21(26)24-19/h5-9,14-15,17,33H,10-13H2,1-4H3,(H,28,31);5-9,14-16,18H,10-13H2,1-4H3,(H,28,31);4-8,13-14,16,30H,9-12H2,1-3H3;2-6,11-13,15,22H,7-10H2,1H3,(H,24,26). The van der Waals surface area contributed by atoms with Crippen molar-refractivity contribution < 1.29 is 53.2 Å². The largest absolute Gasteiger partial charge is 0.507 e. The number of nitrogens with one attached hydrogen (secondary N) is 4. The zero-order valence-electron chi connectivity index (χ0n) is 73.3. The van der Waals surface area contributed by atoms with E-state index in [2.05, 4.69) is 102 Å². The highest BCUT2D eigenvalue weighted by molar-refractivity contribution is 6.26. The van der Waals surface area contributed by atoms with Crippen molar-refractivity contribution in [3.05, 3.63) is 242 Å². The highest BCUT2D eigenvalue weighted by Crippen LogP contribution is 2.45. The molecule has 0 spiro atoms. The van der Waals surface area contributed by atoms with Crippen LogP contribution in [0.1, 0.15) is 240 Å². The highest BCUT2D eigenvalue weighted by atomic mass is 16.6. The van der Waals surface area contributed by atoms with E-state index >= 15 is 0 Å². The number of piperidine rings is 4. The predicted octanol–water partition coefficient (Wildman–Crippen LogP) is 16.8. The maximum absolute atomic E-state index is 12.4. The predicted molar refractivity (Wildman–Crippen MR) is 485 cm³/mol. The fraction of sp³-hybridized carbons (Fsp3) is 0.388. The molecule has 28 heteroatoms. The van der Waals surface area contributed by atoms with E-state index in [1.165, 1.54) is 16.7 Å². The molecule has 7 aliphatic rings. The summed E-state index contributed by atoms with van der Waals surface area (Å²) >= 11 is 0. The van der Waals surface area contributed by atoms with Crippen LogP contribution in [-0.2, 0) is 19.8 Å². The van der Waals surface area contributed by atoms with Gasteiger partial charge < -0.3 is 60.4 Å². The summed E-state index contributed by atoms with van der Waals surface area (Å²) in [5.74, 6) is 0.310. The molecular weight excluding hydrogens is 1590 g/mol. The summed E-state index contributed by atoms with van der Waals surface area (Å²) in [6, 6.07) is 39.5. The lowest BCUT2D eigenvalue weighted by atomic mass is 9.86. The molecule has 3 atom stereocenters. The molecule has 652 valence electrons. The van der Waals surface area contributed by atoms with Crippen LogP contribution in [0.2, 0.25) is 0 Å². The lowest BCUT2D eigenvalue weighted by molar-refractivity contribution is 0.0174. The van der Waals surface area contributed by atoms with Gasteiger partial charge in [0.25, 0.3) is 23.3 Å². The average Bonchev–Trinajstić information content (AvgIpc) is 1.57. The number of nitrogens with zero attached hydrogens (tertiary/aromatic N) is 12. The molecule has 8 aromatic carbocycles. The van der Waals surface area contributed by atoms with E-state index in [1.807, 2.05) is 168 Å². The van der Waals surface area contributed by atoms with E-state index in [1.54, 1.807) is 64.3 Å². The van der Waals surface area contributed by atoms with Crippen LogP contribution < -0.4 is 32.0 Å². The van der Waals surface area contributed by atoms with Gasteiger partial charge in [0, 0.05) is 142 Å². The number of carbonyl (C=O) groups excluding carboxylic acids is 6. The number of amides is 6. The van der Waals surface area contributed by atoms with E-state index < -0.39 is 22.4 Å². The third kappa shape index (κ3) is 17.1. The molecule has 28 nitrogen and oxygen atoms in total. The van der Waals surface area contributed by atoms with Gasteiger partial charge in [-0.2, -0.15) is 20.4 Å². The van der Waals surface area contributed by atoms with Gasteiger partial charge in [-0.15, -0.1) is 0 Å². The van der Waals surface area contributed by atoms with E-state index in [0.29, 0.717) is 78.1 Å². The summed E-state index contributed by atoms with van der Waals surface area (Å²) in [5.41, 5.74) is 9.10. The molecule has 4 saturated heterocycles. The Bertz CT molecular complexity index is 6510. The van der Waals surface area contributed by atoms with E-state index in [0.717, 1.165) is 147 Å². The molecule has 0 bridgehead atoms. The van der Waals surface area contributed by atoms with E-state index in [-0.39, 0.29) is 77.3 Å². The number of carbonyl (C=O) groups is 6. The monoisotopic (exact) mass is 1700 g/mol. The zero-order chi connectivity index (χ0) is 88.6. The average molecular weight is 1700 g/mol. The quantitative estimate of drug-likeness (QED) is 0.0655. The number of anilines is 3. The molecule has 0 aliphatic carbocycles. The minimum absolute atomic E-state index is 0.00543. The molecule has 3 unspecified atom stereocenters. The van der Waals surface area contributed by atoms with Gasteiger partial charge in [-0.3, -0.25) is 37.9 Å². The summed E-state index contributed by atoms with van der Waals surface area (Å²) in [6.45, 7) is 28.9. The lowest BCUT2D eigenvalue weighted by Gasteiger charge is -2.33. The third-order valence-electron chi connectivity index (χ3n) is 25.3. The zero-order valence-corrected chi connectivity index (χ0v) is 73.3. The number of hydrogen-bond acceptors (Lipinski definition) is 18. The summed E-state index contributed by atoms with van der Waals surface area (Å²) in [7, 11) is 0. The fourth-order valence-corrected chi connectivity index (χ4v) is 18.6. The number of ether oxygens (including phenoxy) is 3. The van der Waals surface area contributed by atoms with Crippen LogP contribution in [-0.4, -0.2) is 174 Å². The number of rotatable bonds is 11. The molecule has 0 radical (unpaired) electrons. The molecule has 13 aromatic rings. The van der Waals surface area contributed by atoms with Crippen LogP contribution in [0, 0.1) is 0 Å². The second-order valence-corrected chi connectivity index (χ2v) is 37.3. The van der Waals surface area contributed by atoms with Gasteiger partial charge in [0.15, 0.2) is 0 Å². The summed E-state index contributed by atoms with van der Waals surface area (Å²) in [4.78, 5) is 95.1. The first-order valence-corrected chi connectivity index (χ1v) is 43.7. The van der Waals surface area contributed by atoms with Gasteiger partial charge in [-0.1, -0.05) is 80.6 Å². The molecule has 20 rings (SSSR count). The van der Waals surface area contributed by atoms with Crippen molar-refractivity contribution in [2.45, 2.75) is 193 Å². The molecule has 6 N–H and O–H groups in total. The molecular formula is C98H108N16O12. The number of likely N-dealkylation sites (tertiary alicyclic amines) is 3. The third-order valence-corrected chi connectivity index (χ3v) is 25.3. The Kier molecular flexibility index (Phi) is 22.8. The maximum Gasteiger partial charge on any atom is 0.410 e. The van der Waals surface area contributed by atoms with Gasteiger partial charge in [-0.25, -0.2) is 19.4 Å². The minimum atomic E-state index is -1.29. The number of benzene rings is 8. The van der Waals surface area contributed by atoms with Crippen LogP contribution >= 0.6 is 0 Å². The van der Waals surface area contributed by atoms with Crippen LogP contribution in [0.25, 0.3) is 59.8 Å². The fourth-order valence-electron chi connectivity index (χ4n) is 18.6. The Morgan fingerprint density at radius 2 is 0.802 bits per heavy atom. The van der Waals surface area contributed by atoms with Gasteiger partial charge in [0.1, 0.15) is 28.2 Å². The Balaban J connectivity index is 0.000000119. The highest BCUT2D eigenvalue weighted by Gasteiger charge is 2.37. The van der Waals surface area contributed by atoms with Crippen LogP contribution in [0.5, 0.6) is 0 Å². The van der Waals surface area contributed by atoms with Crippen molar-refractivity contribution in [2.24, 2.45) is 0 Å². The second-order valence-electron chi connectivity index (χ2n) is 37.3. The van der Waals surface area contributed by atoms with Crippen LogP contribution in [0.15, 0.2) is 176 Å². The SMILES string of the molecule is CC(C)(C)OC(=O)N1CCC(n2cc(C(C)(O)c3ccc4c5c(cccc35)C(=O)N4)cn2)CC1.CC(C)(C)OC(=O)N1CCC(n2cc(C(O)=c3ccc4nc(=O)c5cccc3c45)cn2)CC1.CC(c1cnn(C2CCN(C(=O)OC(C)(C)C)CC2)c1)c1ccc2c3c(cccc13)C(=O)N2.CC(c1cnn(C2CCNCC2)c1)c1ccc2c3c(cccc13)C(=O)N2. The van der Waals surface area contributed by atoms with Crippen molar-refractivity contribution in [1.82, 2.24) is 64.1 Å². The number of aromatic nitrogens is 9. The first-order chi connectivity index (χ1) is 60.2. The Labute approximate surface area is 729 Å². The summed E-state index contributed by atoms with van der Waals surface area (Å²) in [6.07, 6.45) is 21.5. The lowest BCUT2D eigenvalue weighted by Crippen LogP contribution is -2.42. The van der Waals surface area contributed by atoms with Crippen molar-refractivity contribution >= 4 is 113 Å². The Morgan fingerprint density at radius 1 is 0.421 bits per heavy atom. The molecule has 4 fully saturated rings. The molecule has 6 amide bonds. The number of hydrogen-bond donors (Lipinski definition) is 6. The Hall–Kier alpha value is -13.1. The van der Waals surface area contributed by atoms with Crippen LogP contribution in [0.3, 0.4) is 0 Å². The van der Waals surface area contributed by atoms with Crippen molar-refractivity contribution in [3.63, 3.8) is 0 Å². The number of aliphatic hydroxyl groups excluding tert-OH is 1. The molecule has 5 aromatic heterocycles. The van der Waals surface area contributed by atoms with E-state index in [9.17, 15) is 43.8 Å². The smallest absolute Gasteiger partial charge is 0.410 e. The minimum Gasteiger partial charge on any atom is -0.507 e. The molecule has 0 saturated carbocycles. The van der Waals surface area contributed by atoms with Crippen molar-refractivity contribution in [2.75, 3.05) is 68.3 Å².